The third-order valence-corrected chi connectivity index (χ3v) is 2.15. The van der Waals surface area contributed by atoms with E-state index in [2.05, 4.69) is 0 Å². The Morgan fingerprint density at radius 2 is 1.80 bits per heavy atom. The van der Waals surface area contributed by atoms with Gasteiger partial charge in [-0.2, -0.15) is 13.2 Å². The number of nitrogens with two attached hydrogens (primary N) is 2. The number of alkyl halides is 3. The molecule has 0 aliphatic heterocycles. The molecule has 0 aliphatic rings. The number of nitrogen functional groups attached to an aromatic ring is 1. The van der Waals surface area contributed by atoms with Crippen LogP contribution in [-0.4, -0.2) is 6.18 Å². The molecule has 0 radical (unpaired) electrons. The summed E-state index contributed by atoms with van der Waals surface area (Å²) in [6.07, 6.45) is -4.66. The molecule has 1 aromatic carbocycles. The van der Waals surface area contributed by atoms with Crippen LogP contribution in [-0.2, 0) is 0 Å². The number of halogens is 4. The molecule has 0 saturated heterocycles. The van der Waals surface area contributed by atoms with Gasteiger partial charge >= 0.3 is 6.18 Å². The second kappa shape index (κ2) is 3.69. The van der Waals surface area contributed by atoms with Crippen molar-refractivity contribution in [3.05, 3.63) is 29.1 Å². The fourth-order valence-electron chi connectivity index (χ4n) is 1.14. The van der Waals surface area contributed by atoms with Crippen molar-refractivity contribution in [2.45, 2.75) is 19.1 Å². The Morgan fingerprint density at radius 1 is 1.27 bits per heavy atom. The first kappa shape index (κ1) is 11.8. The highest BCUT2D eigenvalue weighted by atomic mass is 19.4. The van der Waals surface area contributed by atoms with Crippen LogP contribution in [0.2, 0.25) is 0 Å². The molecular weight excluding hydrogens is 212 g/mol. The van der Waals surface area contributed by atoms with E-state index in [9.17, 15) is 17.6 Å². The van der Waals surface area contributed by atoms with Crippen molar-refractivity contribution >= 4 is 5.69 Å². The van der Waals surface area contributed by atoms with Crippen LogP contribution in [0.5, 0.6) is 0 Å². The zero-order chi connectivity index (χ0) is 11.8. The van der Waals surface area contributed by atoms with Crippen molar-refractivity contribution in [1.82, 2.24) is 0 Å². The van der Waals surface area contributed by atoms with Crippen LogP contribution in [0.3, 0.4) is 0 Å². The summed E-state index contributed by atoms with van der Waals surface area (Å²) in [5.41, 5.74) is 9.72. The lowest BCUT2D eigenvalue weighted by Crippen LogP contribution is -2.29. The molecule has 84 valence electrons. The van der Waals surface area contributed by atoms with Crippen molar-refractivity contribution in [2.24, 2.45) is 5.73 Å². The summed E-state index contributed by atoms with van der Waals surface area (Å²) < 4.78 is 50.1. The van der Waals surface area contributed by atoms with Crippen LogP contribution in [0.4, 0.5) is 23.2 Å². The normalized spacial score (nSPS) is 14.0. The number of rotatable bonds is 1. The quantitative estimate of drug-likeness (QED) is 0.565. The Hall–Kier alpha value is -1.30. The highest BCUT2D eigenvalue weighted by molar-refractivity contribution is 5.49. The van der Waals surface area contributed by atoms with Crippen molar-refractivity contribution in [2.75, 3.05) is 5.73 Å². The van der Waals surface area contributed by atoms with Gasteiger partial charge in [0, 0.05) is 16.8 Å². The Kier molecular flexibility index (Phi) is 2.90. The molecule has 0 aromatic heterocycles. The Balaban J connectivity index is 3.23. The molecule has 0 heterocycles. The zero-order valence-electron chi connectivity index (χ0n) is 7.90. The van der Waals surface area contributed by atoms with E-state index >= 15 is 0 Å². The lowest BCUT2D eigenvalue weighted by Gasteiger charge is -2.17. The minimum absolute atomic E-state index is 0.0211. The lowest BCUT2D eigenvalue weighted by molar-refractivity contribution is -0.149. The molecule has 15 heavy (non-hydrogen) atoms. The molecule has 0 unspecified atom stereocenters. The minimum atomic E-state index is -4.66. The molecule has 1 atom stereocenters. The van der Waals surface area contributed by atoms with Gasteiger partial charge in [-0.1, -0.05) is 6.07 Å². The van der Waals surface area contributed by atoms with Crippen LogP contribution in [0.15, 0.2) is 12.1 Å². The number of anilines is 1. The smallest absolute Gasteiger partial charge is 0.398 e. The Labute approximate surface area is 83.9 Å². The SMILES string of the molecule is Cc1c(N)ccc([C@@H](N)C(F)(F)F)c1F. The van der Waals surface area contributed by atoms with Crippen molar-refractivity contribution in [3.63, 3.8) is 0 Å². The minimum Gasteiger partial charge on any atom is -0.398 e. The van der Waals surface area contributed by atoms with Crippen molar-refractivity contribution in [3.8, 4) is 0 Å². The monoisotopic (exact) mass is 222 g/mol. The molecule has 2 nitrogen and oxygen atoms in total. The van der Waals surface area contributed by atoms with E-state index in [-0.39, 0.29) is 11.3 Å². The molecule has 1 rings (SSSR count). The highest BCUT2D eigenvalue weighted by Crippen LogP contribution is 2.33. The molecule has 0 fully saturated rings. The molecule has 6 heteroatoms. The maximum Gasteiger partial charge on any atom is 0.407 e. The van der Waals surface area contributed by atoms with Gasteiger partial charge in [-0.3, -0.25) is 0 Å². The largest absolute Gasteiger partial charge is 0.407 e. The van der Waals surface area contributed by atoms with Crippen LogP contribution in [0.25, 0.3) is 0 Å². The van der Waals surface area contributed by atoms with E-state index < -0.39 is 23.6 Å². The van der Waals surface area contributed by atoms with Gasteiger partial charge in [0.2, 0.25) is 0 Å². The molecular formula is C9H10F4N2. The van der Waals surface area contributed by atoms with E-state index in [1.165, 1.54) is 13.0 Å². The van der Waals surface area contributed by atoms with Gasteiger partial charge in [0.05, 0.1) is 0 Å². The van der Waals surface area contributed by atoms with E-state index in [4.69, 9.17) is 11.5 Å². The van der Waals surface area contributed by atoms with Crippen molar-refractivity contribution < 1.29 is 17.6 Å². The molecule has 0 amide bonds. The zero-order valence-corrected chi connectivity index (χ0v) is 7.90. The van der Waals surface area contributed by atoms with E-state index in [0.29, 0.717) is 0 Å². The molecule has 0 bridgehead atoms. The Bertz CT molecular complexity index is 373. The van der Waals surface area contributed by atoms with Gasteiger partial charge in [0.25, 0.3) is 0 Å². The summed E-state index contributed by atoms with van der Waals surface area (Å²) in [5, 5.41) is 0. The summed E-state index contributed by atoms with van der Waals surface area (Å²) in [6.45, 7) is 1.30. The third kappa shape index (κ3) is 2.20. The second-order valence-corrected chi connectivity index (χ2v) is 3.20. The average molecular weight is 222 g/mol. The van der Waals surface area contributed by atoms with E-state index in [1.807, 2.05) is 0 Å². The first-order valence-corrected chi connectivity index (χ1v) is 4.12. The molecule has 0 aliphatic carbocycles. The van der Waals surface area contributed by atoms with Gasteiger partial charge in [0.1, 0.15) is 11.9 Å². The number of hydrogen-bond donors (Lipinski definition) is 2. The molecule has 0 spiro atoms. The van der Waals surface area contributed by atoms with Gasteiger partial charge in [0.15, 0.2) is 0 Å². The van der Waals surface area contributed by atoms with E-state index in [0.717, 1.165) is 6.07 Å². The summed E-state index contributed by atoms with van der Waals surface area (Å²) in [7, 11) is 0. The fourth-order valence-corrected chi connectivity index (χ4v) is 1.14. The van der Waals surface area contributed by atoms with Crippen molar-refractivity contribution in [1.29, 1.82) is 0 Å². The maximum absolute atomic E-state index is 13.4. The summed E-state index contributed by atoms with van der Waals surface area (Å²) in [4.78, 5) is 0. The van der Waals surface area contributed by atoms with E-state index in [1.54, 1.807) is 0 Å². The molecule has 1 aromatic rings. The molecule has 4 N–H and O–H groups in total. The fraction of sp³-hybridized carbons (Fsp3) is 0.333. The predicted molar refractivity (Wildman–Crippen MR) is 48.5 cm³/mol. The maximum atomic E-state index is 13.4. The highest BCUT2D eigenvalue weighted by Gasteiger charge is 2.39. The number of benzene rings is 1. The summed E-state index contributed by atoms with van der Waals surface area (Å²) >= 11 is 0. The van der Waals surface area contributed by atoms with Gasteiger partial charge < -0.3 is 11.5 Å². The van der Waals surface area contributed by atoms with Gasteiger partial charge in [-0.05, 0) is 13.0 Å². The topological polar surface area (TPSA) is 52.0 Å². The van der Waals surface area contributed by atoms with Crippen LogP contribution in [0, 0.1) is 12.7 Å². The Morgan fingerprint density at radius 3 is 2.27 bits per heavy atom. The number of hydrogen-bond acceptors (Lipinski definition) is 2. The lowest BCUT2D eigenvalue weighted by atomic mass is 10.0. The van der Waals surface area contributed by atoms with Gasteiger partial charge in [-0.15, -0.1) is 0 Å². The van der Waals surface area contributed by atoms with Crippen LogP contribution >= 0.6 is 0 Å². The third-order valence-electron chi connectivity index (χ3n) is 2.15. The van der Waals surface area contributed by atoms with Crippen LogP contribution in [0.1, 0.15) is 17.2 Å². The second-order valence-electron chi connectivity index (χ2n) is 3.20. The first-order chi connectivity index (χ1) is 6.75. The standard InChI is InChI=1S/C9H10F4N2/c1-4-6(14)3-2-5(7(4)10)8(15)9(11,12)13/h2-3,8H,14-15H2,1H3/t8-/m1/s1. The first-order valence-electron chi connectivity index (χ1n) is 4.12. The average Bonchev–Trinajstić information content (AvgIpc) is 2.12. The summed E-state index contributed by atoms with van der Waals surface area (Å²) in [5.74, 6) is -1.00. The molecule has 0 saturated carbocycles. The van der Waals surface area contributed by atoms with Gasteiger partial charge in [-0.25, -0.2) is 4.39 Å². The predicted octanol–water partition coefficient (Wildman–Crippen LogP) is 2.28. The summed E-state index contributed by atoms with van der Waals surface area (Å²) in [6, 6.07) is -0.161. The van der Waals surface area contributed by atoms with Crippen LogP contribution < -0.4 is 11.5 Å².